The molecule has 1 N–H and O–H groups in total. The van der Waals surface area contributed by atoms with E-state index in [2.05, 4.69) is 24.3 Å². The average Bonchev–Trinajstić information content (AvgIpc) is 2.78. The molecule has 0 spiro atoms. The molecule has 0 bridgehead atoms. The van der Waals surface area contributed by atoms with Crippen molar-refractivity contribution >= 4 is 16.8 Å². The second-order valence-electron chi connectivity index (χ2n) is 4.92. The van der Waals surface area contributed by atoms with E-state index in [1.54, 1.807) is 0 Å². The lowest BCUT2D eigenvalue weighted by atomic mass is 10.1. The molecule has 0 saturated heterocycles. The van der Waals surface area contributed by atoms with Crippen molar-refractivity contribution in [3.63, 3.8) is 0 Å². The molecule has 0 aliphatic heterocycles. The summed E-state index contributed by atoms with van der Waals surface area (Å²) in [6.45, 7) is 4.44. The second-order valence-corrected chi connectivity index (χ2v) is 4.92. The van der Waals surface area contributed by atoms with Crippen LogP contribution in [0.5, 0.6) is 0 Å². The summed E-state index contributed by atoms with van der Waals surface area (Å²) >= 11 is 0. The van der Waals surface area contributed by atoms with Gasteiger partial charge in [-0.05, 0) is 25.5 Å². The summed E-state index contributed by atoms with van der Waals surface area (Å²) in [7, 11) is 0. The van der Waals surface area contributed by atoms with Crippen LogP contribution in [0.1, 0.15) is 46.0 Å². The Morgan fingerprint density at radius 2 is 2.06 bits per heavy atom. The molecule has 2 aromatic rings. The van der Waals surface area contributed by atoms with E-state index in [0.717, 1.165) is 16.8 Å². The maximum Gasteiger partial charge on any atom is 0.177 e. The maximum absolute atomic E-state index is 5.28. The van der Waals surface area contributed by atoms with Gasteiger partial charge in [-0.3, -0.25) is 0 Å². The number of hydrogen-bond donors (Lipinski definition) is 1. The van der Waals surface area contributed by atoms with Crippen LogP contribution in [0.3, 0.4) is 0 Å². The lowest BCUT2D eigenvalue weighted by Gasteiger charge is -2.12. The molecule has 3 nitrogen and oxygen atoms in total. The molecular formula is C15H22N2O. The van der Waals surface area contributed by atoms with E-state index in [-0.39, 0.29) is 0 Å². The van der Waals surface area contributed by atoms with Gasteiger partial charge < -0.3 is 9.84 Å². The topological polar surface area (TPSA) is 38.1 Å². The van der Waals surface area contributed by atoms with Crippen molar-refractivity contribution in [2.75, 3.05) is 5.32 Å². The first-order valence-electron chi connectivity index (χ1n) is 6.92. The van der Waals surface area contributed by atoms with E-state index in [0.29, 0.717) is 6.04 Å². The van der Waals surface area contributed by atoms with Crippen LogP contribution < -0.4 is 5.32 Å². The van der Waals surface area contributed by atoms with Crippen molar-refractivity contribution in [2.45, 2.75) is 52.0 Å². The molecule has 0 amide bonds. The highest BCUT2D eigenvalue weighted by Gasteiger charge is 2.09. The van der Waals surface area contributed by atoms with Crippen LogP contribution in [-0.4, -0.2) is 11.2 Å². The van der Waals surface area contributed by atoms with Gasteiger partial charge in [0.25, 0.3) is 0 Å². The zero-order chi connectivity index (χ0) is 12.8. The molecule has 2 rings (SSSR count). The van der Waals surface area contributed by atoms with Gasteiger partial charge in [-0.15, -0.1) is 0 Å². The smallest absolute Gasteiger partial charge is 0.177 e. The lowest BCUT2D eigenvalue weighted by molar-refractivity contribution is 0.457. The number of anilines is 1. The van der Waals surface area contributed by atoms with Crippen molar-refractivity contribution in [3.05, 3.63) is 24.3 Å². The fourth-order valence-electron chi connectivity index (χ4n) is 2.17. The van der Waals surface area contributed by atoms with E-state index < -0.39 is 0 Å². The number of para-hydroxylation sites is 1. The first kappa shape index (κ1) is 12.9. The summed E-state index contributed by atoms with van der Waals surface area (Å²) in [5.41, 5.74) is 0.846. The van der Waals surface area contributed by atoms with Crippen LogP contribution in [0.4, 0.5) is 5.82 Å². The largest absolute Gasteiger partial charge is 0.364 e. The van der Waals surface area contributed by atoms with E-state index in [4.69, 9.17) is 4.52 Å². The highest BCUT2D eigenvalue weighted by Crippen LogP contribution is 2.23. The highest BCUT2D eigenvalue weighted by atomic mass is 16.5. The van der Waals surface area contributed by atoms with Crippen LogP contribution in [0.15, 0.2) is 28.8 Å². The third-order valence-electron chi connectivity index (χ3n) is 3.25. The predicted octanol–water partition coefficient (Wildman–Crippen LogP) is 4.60. The van der Waals surface area contributed by atoms with Gasteiger partial charge in [0, 0.05) is 6.04 Å². The molecule has 18 heavy (non-hydrogen) atoms. The molecule has 1 aromatic heterocycles. The normalized spacial score (nSPS) is 12.8. The Morgan fingerprint density at radius 1 is 1.22 bits per heavy atom. The fraction of sp³-hybridized carbons (Fsp3) is 0.533. The summed E-state index contributed by atoms with van der Waals surface area (Å²) < 4.78 is 5.28. The number of nitrogens with one attached hydrogen (secondary N) is 1. The third kappa shape index (κ3) is 3.25. The van der Waals surface area contributed by atoms with Crippen molar-refractivity contribution < 1.29 is 4.52 Å². The highest BCUT2D eigenvalue weighted by molar-refractivity contribution is 5.87. The zero-order valence-corrected chi connectivity index (χ0v) is 11.3. The Bertz CT molecular complexity index is 478. The van der Waals surface area contributed by atoms with Gasteiger partial charge in [-0.25, -0.2) is 0 Å². The van der Waals surface area contributed by atoms with Crippen LogP contribution in [-0.2, 0) is 0 Å². The van der Waals surface area contributed by atoms with Gasteiger partial charge in [-0.1, -0.05) is 49.9 Å². The van der Waals surface area contributed by atoms with Crippen molar-refractivity contribution in [1.82, 2.24) is 5.16 Å². The minimum absolute atomic E-state index is 0.440. The van der Waals surface area contributed by atoms with Gasteiger partial charge in [0.05, 0.1) is 5.39 Å². The van der Waals surface area contributed by atoms with Gasteiger partial charge in [-0.2, -0.15) is 0 Å². The molecule has 0 radical (unpaired) electrons. The van der Waals surface area contributed by atoms with Crippen molar-refractivity contribution in [1.29, 1.82) is 0 Å². The Labute approximate surface area is 109 Å². The fourth-order valence-corrected chi connectivity index (χ4v) is 2.17. The van der Waals surface area contributed by atoms with Crippen LogP contribution in [0.25, 0.3) is 11.0 Å². The Hall–Kier alpha value is -1.51. The van der Waals surface area contributed by atoms with Crippen LogP contribution >= 0.6 is 0 Å². The number of benzene rings is 1. The Morgan fingerprint density at radius 3 is 2.89 bits per heavy atom. The van der Waals surface area contributed by atoms with Crippen molar-refractivity contribution in [3.8, 4) is 0 Å². The summed E-state index contributed by atoms with van der Waals surface area (Å²) in [4.78, 5) is 0. The van der Waals surface area contributed by atoms with Gasteiger partial charge >= 0.3 is 0 Å². The van der Waals surface area contributed by atoms with Gasteiger partial charge in [0.1, 0.15) is 0 Å². The summed E-state index contributed by atoms with van der Waals surface area (Å²) in [5, 5.41) is 8.60. The van der Waals surface area contributed by atoms with E-state index in [9.17, 15) is 0 Å². The number of rotatable bonds is 7. The minimum Gasteiger partial charge on any atom is -0.364 e. The minimum atomic E-state index is 0.440. The van der Waals surface area contributed by atoms with Gasteiger partial charge in [0.15, 0.2) is 11.4 Å². The molecule has 98 valence electrons. The molecule has 1 atom stereocenters. The molecule has 0 aliphatic rings. The molecule has 1 unspecified atom stereocenters. The van der Waals surface area contributed by atoms with Crippen molar-refractivity contribution in [2.24, 2.45) is 0 Å². The van der Waals surface area contributed by atoms with Crippen LogP contribution in [0.2, 0.25) is 0 Å². The predicted molar refractivity (Wildman–Crippen MR) is 75.9 cm³/mol. The molecule has 0 fully saturated rings. The first-order chi connectivity index (χ1) is 8.81. The number of hydrogen-bond acceptors (Lipinski definition) is 3. The number of aromatic nitrogens is 1. The molecule has 0 aliphatic carbocycles. The van der Waals surface area contributed by atoms with E-state index in [1.807, 2.05) is 24.3 Å². The average molecular weight is 246 g/mol. The van der Waals surface area contributed by atoms with Gasteiger partial charge in [0.2, 0.25) is 0 Å². The monoisotopic (exact) mass is 246 g/mol. The third-order valence-corrected chi connectivity index (χ3v) is 3.25. The number of fused-ring (bicyclic) bond motifs is 1. The SMILES string of the molecule is CCCCCCC(C)Nc1noc2ccccc12. The standard InChI is InChI=1S/C15H22N2O/c1-3-4-5-6-9-12(2)16-15-13-10-7-8-11-14(13)18-17-15/h7-8,10-12H,3-6,9H2,1-2H3,(H,16,17). The summed E-state index contributed by atoms with van der Waals surface area (Å²) in [6.07, 6.45) is 6.40. The molecule has 0 saturated carbocycles. The quantitative estimate of drug-likeness (QED) is 0.726. The summed E-state index contributed by atoms with van der Waals surface area (Å²) in [6, 6.07) is 8.40. The lowest BCUT2D eigenvalue weighted by Crippen LogP contribution is -2.15. The second kappa shape index (κ2) is 6.43. The van der Waals surface area contributed by atoms with E-state index >= 15 is 0 Å². The number of nitrogens with zero attached hydrogens (tertiary/aromatic N) is 1. The van der Waals surface area contributed by atoms with E-state index in [1.165, 1.54) is 32.1 Å². The molecular weight excluding hydrogens is 224 g/mol. The van der Waals surface area contributed by atoms with Crippen LogP contribution in [0, 0.1) is 0 Å². The zero-order valence-electron chi connectivity index (χ0n) is 11.3. The molecule has 1 aromatic carbocycles. The molecule has 1 heterocycles. The number of unbranched alkanes of at least 4 members (excludes halogenated alkanes) is 3. The molecule has 3 heteroatoms. The summed E-state index contributed by atoms with van der Waals surface area (Å²) in [5.74, 6) is 0.869. The Balaban J connectivity index is 1.88. The Kier molecular flexibility index (Phi) is 4.62. The maximum atomic E-state index is 5.28. The first-order valence-corrected chi connectivity index (χ1v) is 6.92.